The normalized spacial score (nSPS) is 12.8. The Kier molecular flexibility index (Phi) is 4.89. The molecular weight excluding hydrogens is 633 g/mol. The molecule has 0 fully saturated rings. The molecule has 13 rings (SSSR count). The van der Waals surface area contributed by atoms with E-state index in [1.165, 1.54) is 75.8 Å². The molecule has 0 unspecified atom stereocenters. The van der Waals surface area contributed by atoms with Gasteiger partial charge >= 0.3 is 0 Å². The van der Waals surface area contributed by atoms with Crippen molar-refractivity contribution in [2.75, 3.05) is 0 Å². The molecule has 0 amide bonds. The summed E-state index contributed by atoms with van der Waals surface area (Å²) in [6, 6.07) is 57.6. The Morgan fingerprint density at radius 2 is 0.885 bits per heavy atom. The Balaban J connectivity index is 1.14. The third-order valence-electron chi connectivity index (χ3n) is 11.7. The maximum Gasteiger partial charge on any atom is 0.143 e. The molecule has 0 saturated heterocycles. The summed E-state index contributed by atoms with van der Waals surface area (Å²) in [6.07, 6.45) is 0. The van der Waals surface area contributed by atoms with E-state index < -0.39 is 0 Å². The van der Waals surface area contributed by atoms with Gasteiger partial charge in [-0.2, -0.15) is 0 Å². The lowest BCUT2D eigenvalue weighted by molar-refractivity contribution is 0.493. The van der Waals surface area contributed by atoms with Crippen LogP contribution in [0.15, 0.2) is 162 Å². The maximum absolute atomic E-state index is 7.11. The molecule has 2 heteroatoms. The van der Waals surface area contributed by atoms with Crippen molar-refractivity contribution >= 4 is 97.3 Å². The second-order valence-corrected chi connectivity index (χ2v) is 14.4. The zero-order chi connectivity index (χ0) is 33.7. The molecule has 11 aromatic carbocycles. The van der Waals surface area contributed by atoms with E-state index in [-0.39, 0.29) is 0 Å². The summed E-state index contributed by atoms with van der Waals surface area (Å²) in [4.78, 5) is 0. The molecule has 1 aliphatic rings. The van der Waals surface area contributed by atoms with Crippen LogP contribution in [-0.2, 0) is 0 Å². The van der Waals surface area contributed by atoms with E-state index in [1.807, 2.05) is 0 Å². The molecule has 0 aliphatic carbocycles. The summed E-state index contributed by atoms with van der Waals surface area (Å²) in [7, 11) is 0. The fraction of sp³-hybridized carbons (Fsp3) is 0. The zero-order valence-electron chi connectivity index (χ0n) is 27.8. The number of ether oxygens (including phenoxy) is 1. The smallest absolute Gasteiger partial charge is 0.143 e. The van der Waals surface area contributed by atoms with Crippen LogP contribution in [0.2, 0.25) is 0 Å². The van der Waals surface area contributed by atoms with Crippen LogP contribution in [0.1, 0.15) is 0 Å². The van der Waals surface area contributed by atoms with Crippen molar-refractivity contribution < 1.29 is 9.15 Å². The molecule has 1 aliphatic heterocycles. The monoisotopic (exact) mass is 658 g/mol. The molecule has 0 saturated carbocycles. The van der Waals surface area contributed by atoms with Gasteiger partial charge in [0.2, 0.25) is 0 Å². The number of hydrogen-bond acceptors (Lipinski definition) is 2. The van der Waals surface area contributed by atoms with E-state index in [2.05, 4.69) is 158 Å². The third kappa shape index (κ3) is 3.35. The van der Waals surface area contributed by atoms with Crippen LogP contribution >= 0.6 is 0 Å². The SMILES string of the molecule is c1ccc2c(c1)ccc1c2oc2c(-c3cc4c5c(ccc6ccc7cccc(c7c65)O4)c3)ccc(-c3ccc4ccc5cccc6ccc3c4c56)c21. The van der Waals surface area contributed by atoms with Gasteiger partial charge in [0.05, 0.1) is 0 Å². The van der Waals surface area contributed by atoms with E-state index >= 15 is 0 Å². The van der Waals surface area contributed by atoms with Crippen molar-refractivity contribution in [2.24, 2.45) is 0 Å². The quantitative estimate of drug-likeness (QED) is 0.173. The minimum atomic E-state index is 0.884. The van der Waals surface area contributed by atoms with Crippen molar-refractivity contribution in [3.05, 3.63) is 158 Å². The van der Waals surface area contributed by atoms with E-state index in [0.29, 0.717) is 0 Å². The first-order valence-electron chi connectivity index (χ1n) is 17.9. The van der Waals surface area contributed by atoms with Gasteiger partial charge in [-0.1, -0.05) is 127 Å². The number of hydrogen-bond donors (Lipinski definition) is 0. The lowest BCUT2D eigenvalue weighted by Gasteiger charge is -2.21. The fourth-order valence-electron chi connectivity index (χ4n) is 9.45. The molecule has 1 aromatic heterocycles. The molecule has 2 heterocycles. The fourth-order valence-corrected chi connectivity index (χ4v) is 9.45. The van der Waals surface area contributed by atoms with Crippen LogP contribution in [0, 0.1) is 0 Å². The second kappa shape index (κ2) is 9.45. The molecule has 0 radical (unpaired) electrons. The molecule has 12 aromatic rings. The second-order valence-electron chi connectivity index (χ2n) is 14.4. The Labute approximate surface area is 297 Å². The first-order valence-corrected chi connectivity index (χ1v) is 17.9. The maximum atomic E-state index is 7.11. The highest BCUT2D eigenvalue weighted by Crippen LogP contribution is 2.51. The minimum Gasteiger partial charge on any atom is -0.456 e. The predicted octanol–water partition coefficient (Wildman–Crippen LogP) is 14.5. The number of rotatable bonds is 2. The van der Waals surface area contributed by atoms with E-state index in [1.54, 1.807) is 0 Å². The average Bonchev–Trinajstić information content (AvgIpc) is 3.60. The van der Waals surface area contributed by atoms with Gasteiger partial charge in [-0.15, -0.1) is 0 Å². The van der Waals surface area contributed by atoms with Gasteiger partial charge in [-0.05, 0) is 101 Å². The first kappa shape index (κ1) is 26.9. The third-order valence-corrected chi connectivity index (χ3v) is 11.7. The highest BCUT2D eigenvalue weighted by molar-refractivity contribution is 6.29. The molecule has 0 bridgehead atoms. The highest BCUT2D eigenvalue weighted by atomic mass is 16.5. The summed E-state index contributed by atoms with van der Waals surface area (Å²) in [5.74, 6) is 1.79. The Bertz CT molecular complexity index is 3530. The topological polar surface area (TPSA) is 22.4 Å². The van der Waals surface area contributed by atoms with Gasteiger partial charge in [0, 0.05) is 37.9 Å². The summed E-state index contributed by atoms with van der Waals surface area (Å²) in [6.45, 7) is 0. The lowest BCUT2D eigenvalue weighted by Crippen LogP contribution is -1.96. The molecule has 52 heavy (non-hydrogen) atoms. The molecule has 0 atom stereocenters. The van der Waals surface area contributed by atoms with Gasteiger partial charge in [0.1, 0.15) is 22.7 Å². The van der Waals surface area contributed by atoms with Crippen LogP contribution < -0.4 is 4.74 Å². The minimum absolute atomic E-state index is 0.884. The first-order chi connectivity index (χ1) is 25.8. The standard InChI is InChI=1S/C50H26O2/c1-2-9-35-27(5-1)17-22-40-48-39(37-20-18-31-13-11-28-6-3-7-29-19-21-38(37)44(31)43(28)29)24-23-36(50(48)52-49(35)40)34-25-33-16-15-32-14-12-30-8-4-10-41-45(30)47(32)46(33)42(26-34)51-41/h1-26H. The van der Waals surface area contributed by atoms with Gasteiger partial charge in [0.15, 0.2) is 0 Å². The number of fused-ring (bicyclic) bond motifs is 5. The van der Waals surface area contributed by atoms with Crippen molar-refractivity contribution in [1.82, 2.24) is 0 Å². The lowest BCUT2D eigenvalue weighted by atomic mass is 9.87. The Morgan fingerprint density at radius 3 is 1.75 bits per heavy atom. The summed E-state index contributed by atoms with van der Waals surface area (Å²) < 4.78 is 13.9. The van der Waals surface area contributed by atoms with Gasteiger partial charge in [0.25, 0.3) is 0 Å². The largest absolute Gasteiger partial charge is 0.456 e. The van der Waals surface area contributed by atoms with Crippen LogP contribution in [0.4, 0.5) is 0 Å². The zero-order valence-corrected chi connectivity index (χ0v) is 27.8. The van der Waals surface area contributed by atoms with Crippen molar-refractivity contribution in [2.45, 2.75) is 0 Å². The molecular formula is C50H26O2. The van der Waals surface area contributed by atoms with Gasteiger partial charge < -0.3 is 9.15 Å². The number of furan rings is 1. The van der Waals surface area contributed by atoms with Crippen LogP contribution in [0.25, 0.3) is 120 Å². The van der Waals surface area contributed by atoms with Crippen molar-refractivity contribution in [3.63, 3.8) is 0 Å². The predicted molar refractivity (Wildman–Crippen MR) is 218 cm³/mol. The highest BCUT2D eigenvalue weighted by Gasteiger charge is 2.24. The molecule has 2 nitrogen and oxygen atoms in total. The van der Waals surface area contributed by atoms with Crippen molar-refractivity contribution in [1.29, 1.82) is 0 Å². The summed E-state index contributed by atoms with van der Waals surface area (Å²) >= 11 is 0. The average molecular weight is 659 g/mol. The van der Waals surface area contributed by atoms with Crippen LogP contribution in [0.5, 0.6) is 11.5 Å². The Hall–Kier alpha value is -6.90. The van der Waals surface area contributed by atoms with E-state index in [9.17, 15) is 0 Å². The summed E-state index contributed by atoms with van der Waals surface area (Å²) in [5, 5.41) is 19.5. The number of benzene rings is 11. The molecule has 0 spiro atoms. The van der Waals surface area contributed by atoms with Crippen LogP contribution in [-0.4, -0.2) is 0 Å². The van der Waals surface area contributed by atoms with Crippen LogP contribution in [0.3, 0.4) is 0 Å². The van der Waals surface area contributed by atoms with E-state index in [0.717, 1.165) is 55.3 Å². The van der Waals surface area contributed by atoms with Gasteiger partial charge in [-0.25, -0.2) is 0 Å². The van der Waals surface area contributed by atoms with Crippen molar-refractivity contribution in [3.8, 4) is 33.8 Å². The molecule has 238 valence electrons. The van der Waals surface area contributed by atoms with E-state index in [4.69, 9.17) is 9.15 Å². The summed E-state index contributed by atoms with van der Waals surface area (Å²) in [5.41, 5.74) is 6.31. The molecule has 0 N–H and O–H groups in total. The van der Waals surface area contributed by atoms with Gasteiger partial charge in [-0.3, -0.25) is 0 Å². The Morgan fingerprint density at radius 1 is 0.288 bits per heavy atom.